The van der Waals surface area contributed by atoms with Crippen molar-refractivity contribution >= 4 is 11.6 Å². The molecule has 0 rings (SSSR count). The third-order valence-electron chi connectivity index (χ3n) is 1.71. The summed E-state index contributed by atoms with van der Waals surface area (Å²) >= 11 is 0. The summed E-state index contributed by atoms with van der Waals surface area (Å²) in [4.78, 5) is 21.7. The van der Waals surface area contributed by atoms with Gasteiger partial charge in [-0.1, -0.05) is 6.92 Å². The van der Waals surface area contributed by atoms with Crippen molar-refractivity contribution in [2.24, 2.45) is 0 Å². The Labute approximate surface area is 66.4 Å². The summed E-state index contributed by atoms with van der Waals surface area (Å²) in [5.41, 5.74) is -1.77. The van der Waals surface area contributed by atoms with Gasteiger partial charge >= 0.3 is 0 Å². The van der Waals surface area contributed by atoms with Gasteiger partial charge in [-0.3, -0.25) is 9.59 Å². The normalized spacial score (nSPS) is 15.6. The number of hydrogen-bond donors (Lipinski definition) is 1. The number of aliphatic hydroxyl groups is 1. The fourth-order valence-electron chi connectivity index (χ4n) is 0.667. The molecule has 0 aliphatic heterocycles. The Hall–Kier alpha value is -0.700. The van der Waals surface area contributed by atoms with Gasteiger partial charge in [0.05, 0.1) is 0 Å². The van der Waals surface area contributed by atoms with E-state index < -0.39 is 17.2 Å². The minimum absolute atomic E-state index is 0.257. The highest BCUT2D eigenvalue weighted by Crippen LogP contribution is 2.09. The summed E-state index contributed by atoms with van der Waals surface area (Å²) in [5, 5.41) is 9.29. The molecule has 0 aliphatic rings. The molecule has 0 saturated carbocycles. The SMILES string of the molecule is CCCC(=O)[C@](C)(O)C(C)=O. The lowest BCUT2D eigenvalue weighted by molar-refractivity contribution is -0.147. The standard InChI is InChI=1S/C8H14O3/c1-4-5-7(10)8(3,11)6(2)9/h11H,4-5H2,1-3H3/t8-/m1/s1. The minimum atomic E-state index is -1.77. The second-order valence-corrected chi connectivity index (χ2v) is 2.80. The molecule has 11 heavy (non-hydrogen) atoms. The van der Waals surface area contributed by atoms with E-state index in [1.54, 1.807) is 0 Å². The zero-order chi connectivity index (χ0) is 9.07. The first-order valence-corrected chi connectivity index (χ1v) is 3.69. The average Bonchev–Trinajstić information content (AvgIpc) is 1.88. The first kappa shape index (κ1) is 10.3. The van der Waals surface area contributed by atoms with Gasteiger partial charge in [0.25, 0.3) is 0 Å². The number of rotatable bonds is 4. The fraction of sp³-hybridized carbons (Fsp3) is 0.750. The third kappa shape index (κ3) is 2.42. The molecule has 0 fully saturated rings. The maximum atomic E-state index is 11.0. The van der Waals surface area contributed by atoms with E-state index in [1.165, 1.54) is 13.8 Å². The second-order valence-electron chi connectivity index (χ2n) is 2.80. The molecule has 0 radical (unpaired) electrons. The average molecular weight is 158 g/mol. The lowest BCUT2D eigenvalue weighted by atomic mass is 9.94. The minimum Gasteiger partial charge on any atom is -0.375 e. The van der Waals surface area contributed by atoms with Crippen molar-refractivity contribution in [1.29, 1.82) is 0 Å². The van der Waals surface area contributed by atoms with Crippen molar-refractivity contribution in [2.75, 3.05) is 0 Å². The summed E-state index contributed by atoms with van der Waals surface area (Å²) in [6.07, 6.45) is 0.912. The van der Waals surface area contributed by atoms with Crippen LogP contribution in [0, 0.1) is 0 Å². The summed E-state index contributed by atoms with van der Waals surface area (Å²) in [6, 6.07) is 0. The molecule has 0 aromatic heterocycles. The first-order chi connectivity index (χ1) is 4.92. The van der Waals surface area contributed by atoms with Crippen molar-refractivity contribution in [3.8, 4) is 0 Å². The Morgan fingerprint density at radius 1 is 1.45 bits per heavy atom. The van der Waals surface area contributed by atoms with Gasteiger partial charge in [-0.05, 0) is 20.3 Å². The van der Waals surface area contributed by atoms with Crippen LogP contribution in [0.1, 0.15) is 33.6 Å². The predicted octanol–water partition coefficient (Wildman–Crippen LogP) is 0.696. The number of ketones is 2. The quantitative estimate of drug-likeness (QED) is 0.612. The van der Waals surface area contributed by atoms with Gasteiger partial charge in [0, 0.05) is 6.42 Å². The number of Topliss-reactive ketones (excluding diaryl/α,β-unsaturated/α-hetero) is 2. The van der Waals surface area contributed by atoms with E-state index in [0.717, 1.165) is 0 Å². The fourth-order valence-corrected chi connectivity index (χ4v) is 0.667. The zero-order valence-electron chi connectivity index (χ0n) is 7.18. The van der Waals surface area contributed by atoms with E-state index >= 15 is 0 Å². The molecule has 0 saturated heterocycles. The van der Waals surface area contributed by atoms with Crippen LogP contribution in [0.2, 0.25) is 0 Å². The number of hydrogen-bond acceptors (Lipinski definition) is 3. The van der Waals surface area contributed by atoms with E-state index in [2.05, 4.69) is 0 Å². The van der Waals surface area contributed by atoms with Gasteiger partial charge in [-0.15, -0.1) is 0 Å². The number of carbonyl (C=O) groups is 2. The molecule has 0 aromatic rings. The van der Waals surface area contributed by atoms with Crippen molar-refractivity contribution in [1.82, 2.24) is 0 Å². The Morgan fingerprint density at radius 3 is 2.18 bits per heavy atom. The van der Waals surface area contributed by atoms with Crippen LogP contribution < -0.4 is 0 Å². The smallest absolute Gasteiger partial charge is 0.177 e. The molecule has 3 nitrogen and oxygen atoms in total. The highest BCUT2D eigenvalue weighted by atomic mass is 16.3. The van der Waals surface area contributed by atoms with Crippen molar-refractivity contribution < 1.29 is 14.7 Å². The van der Waals surface area contributed by atoms with Crippen LogP contribution in [0.3, 0.4) is 0 Å². The molecule has 1 N–H and O–H groups in total. The summed E-state index contributed by atoms with van der Waals surface area (Å²) in [6.45, 7) is 4.29. The van der Waals surface area contributed by atoms with Crippen LogP contribution in [0.4, 0.5) is 0 Å². The topological polar surface area (TPSA) is 54.4 Å². The maximum Gasteiger partial charge on any atom is 0.177 e. The van der Waals surface area contributed by atoms with Crippen LogP contribution in [-0.2, 0) is 9.59 Å². The molecule has 0 amide bonds. The third-order valence-corrected chi connectivity index (χ3v) is 1.71. The van der Waals surface area contributed by atoms with Crippen LogP contribution >= 0.6 is 0 Å². The molecular weight excluding hydrogens is 144 g/mol. The lowest BCUT2D eigenvalue weighted by Gasteiger charge is -2.17. The Kier molecular flexibility index (Phi) is 3.39. The highest BCUT2D eigenvalue weighted by molar-refractivity contribution is 6.08. The van der Waals surface area contributed by atoms with Crippen LogP contribution in [0.5, 0.6) is 0 Å². The number of carbonyl (C=O) groups excluding carboxylic acids is 2. The van der Waals surface area contributed by atoms with Crippen molar-refractivity contribution in [2.45, 2.75) is 39.2 Å². The van der Waals surface area contributed by atoms with Crippen molar-refractivity contribution in [3.63, 3.8) is 0 Å². The molecule has 64 valence electrons. The molecule has 0 heterocycles. The van der Waals surface area contributed by atoms with E-state index in [1.807, 2.05) is 6.92 Å². The predicted molar refractivity (Wildman–Crippen MR) is 41.2 cm³/mol. The van der Waals surface area contributed by atoms with Gasteiger partial charge in [-0.25, -0.2) is 0 Å². The monoisotopic (exact) mass is 158 g/mol. The summed E-state index contributed by atoms with van der Waals surface area (Å²) in [7, 11) is 0. The zero-order valence-corrected chi connectivity index (χ0v) is 7.18. The van der Waals surface area contributed by atoms with Crippen LogP contribution in [0.25, 0.3) is 0 Å². The second kappa shape index (κ2) is 3.62. The van der Waals surface area contributed by atoms with E-state index in [4.69, 9.17) is 0 Å². The Bertz CT molecular complexity index is 170. The van der Waals surface area contributed by atoms with Gasteiger partial charge in [-0.2, -0.15) is 0 Å². The molecular formula is C8H14O3. The van der Waals surface area contributed by atoms with E-state index in [9.17, 15) is 14.7 Å². The maximum absolute atomic E-state index is 11.0. The molecule has 0 spiro atoms. The summed E-state index contributed by atoms with van der Waals surface area (Å²) in [5.74, 6) is -0.886. The highest BCUT2D eigenvalue weighted by Gasteiger charge is 2.33. The van der Waals surface area contributed by atoms with Crippen LogP contribution in [-0.4, -0.2) is 22.3 Å². The molecule has 3 heteroatoms. The van der Waals surface area contributed by atoms with Gasteiger partial charge < -0.3 is 5.11 Å². The van der Waals surface area contributed by atoms with Gasteiger partial charge in [0.15, 0.2) is 17.2 Å². The Balaban J connectivity index is 4.30. The van der Waals surface area contributed by atoms with Crippen LogP contribution in [0.15, 0.2) is 0 Å². The molecule has 0 aromatic carbocycles. The molecule has 0 bridgehead atoms. The Morgan fingerprint density at radius 2 is 1.91 bits per heavy atom. The van der Waals surface area contributed by atoms with E-state index in [0.29, 0.717) is 6.42 Å². The summed E-state index contributed by atoms with van der Waals surface area (Å²) < 4.78 is 0. The largest absolute Gasteiger partial charge is 0.375 e. The van der Waals surface area contributed by atoms with E-state index in [-0.39, 0.29) is 6.42 Å². The molecule has 0 aliphatic carbocycles. The van der Waals surface area contributed by atoms with Crippen molar-refractivity contribution in [3.05, 3.63) is 0 Å². The molecule has 0 unspecified atom stereocenters. The van der Waals surface area contributed by atoms with Gasteiger partial charge in [0.2, 0.25) is 0 Å². The lowest BCUT2D eigenvalue weighted by Crippen LogP contribution is -2.41. The van der Waals surface area contributed by atoms with Gasteiger partial charge in [0.1, 0.15) is 0 Å². The first-order valence-electron chi connectivity index (χ1n) is 3.69. The molecule has 1 atom stereocenters.